The Morgan fingerprint density at radius 2 is 1.58 bits per heavy atom. The number of halogens is 4. The number of hydrogen-bond donors (Lipinski definition) is 0. The van der Waals surface area contributed by atoms with Crippen molar-refractivity contribution >= 4 is 5.97 Å². The average molecular weight is 434 g/mol. The van der Waals surface area contributed by atoms with E-state index in [4.69, 9.17) is 4.74 Å². The van der Waals surface area contributed by atoms with Crippen LogP contribution in [0.2, 0.25) is 0 Å². The Bertz CT molecular complexity index is 951. The molecule has 2 nitrogen and oxygen atoms in total. The van der Waals surface area contributed by atoms with Crippen molar-refractivity contribution in [1.82, 2.24) is 0 Å². The fourth-order valence-corrected chi connectivity index (χ4v) is 5.38. The predicted octanol–water partition coefficient (Wildman–Crippen LogP) is 7.17. The Morgan fingerprint density at radius 3 is 2.26 bits per heavy atom. The van der Waals surface area contributed by atoms with Crippen LogP contribution >= 0.6 is 0 Å². The van der Waals surface area contributed by atoms with Crippen molar-refractivity contribution < 1.29 is 27.1 Å². The fraction of sp³-hybridized carbons (Fsp3) is 0.480. The number of rotatable bonds is 4. The van der Waals surface area contributed by atoms with E-state index in [1.54, 1.807) is 6.07 Å². The SMILES string of the molecule is CCC1CCC2CC(c3ccc(C(=O)Oc4cc(F)c(F)c(F)c4)cc3F)CCC2C1. The Balaban J connectivity index is 1.44. The van der Waals surface area contributed by atoms with Crippen LogP contribution < -0.4 is 4.74 Å². The van der Waals surface area contributed by atoms with Crippen molar-refractivity contribution in [2.45, 2.75) is 57.8 Å². The third-order valence-corrected chi connectivity index (χ3v) is 7.14. The van der Waals surface area contributed by atoms with Crippen molar-refractivity contribution in [2.75, 3.05) is 0 Å². The Hall–Kier alpha value is -2.37. The number of esters is 1. The van der Waals surface area contributed by atoms with Gasteiger partial charge in [-0.25, -0.2) is 22.4 Å². The van der Waals surface area contributed by atoms with Crippen molar-refractivity contribution in [3.8, 4) is 5.75 Å². The van der Waals surface area contributed by atoms with Gasteiger partial charge >= 0.3 is 5.97 Å². The first-order valence-electron chi connectivity index (χ1n) is 11.0. The van der Waals surface area contributed by atoms with Gasteiger partial charge in [-0.05, 0) is 73.5 Å². The molecule has 2 aliphatic carbocycles. The lowest BCUT2D eigenvalue weighted by atomic mass is 9.63. The molecule has 2 saturated carbocycles. The molecular formula is C25H26F4O2. The first-order chi connectivity index (χ1) is 14.9. The zero-order valence-corrected chi connectivity index (χ0v) is 17.5. The quantitative estimate of drug-likeness (QED) is 0.221. The largest absolute Gasteiger partial charge is 0.423 e. The van der Waals surface area contributed by atoms with Gasteiger partial charge in [0.1, 0.15) is 11.6 Å². The van der Waals surface area contributed by atoms with E-state index in [-0.39, 0.29) is 11.5 Å². The van der Waals surface area contributed by atoms with Crippen LogP contribution in [0.3, 0.4) is 0 Å². The topological polar surface area (TPSA) is 26.3 Å². The van der Waals surface area contributed by atoms with Gasteiger partial charge in [0.15, 0.2) is 17.5 Å². The molecule has 2 aliphatic rings. The monoisotopic (exact) mass is 434 g/mol. The molecule has 4 rings (SSSR count). The Labute approximate surface area is 179 Å². The predicted molar refractivity (Wildman–Crippen MR) is 109 cm³/mol. The molecule has 0 aliphatic heterocycles. The minimum absolute atomic E-state index is 0.0662. The van der Waals surface area contributed by atoms with Gasteiger partial charge in [0, 0.05) is 12.1 Å². The van der Waals surface area contributed by atoms with Gasteiger partial charge in [0.25, 0.3) is 0 Å². The first-order valence-corrected chi connectivity index (χ1v) is 11.0. The van der Waals surface area contributed by atoms with Gasteiger partial charge in [-0.2, -0.15) is 0 Å². The number of carbonyl (C=O) groups excluding carboxylic acids is 1. The number of carbonyl (C=O) groups is 1. The summed E-state index contributed by atoms with van der Waals surface area (Å²) in [6.07, 6.45) is 7.99. The summed E-state index contributed by atoms with van der Waals surface area (Å²) in [5.74, 6) is -4.17. The summed E-state index contributed by atoms with van der Waals surface area (Å²) in [5, 5.41) is 0. The van der Waals surface area contributed by atoms with Crippen molar-refractivity contribution in [1.29, 1.82) is 0 Å². The summed E-state index contributed by atoms with van der Waals surface area (Å²) in [7, 11) is 0. The third-order valence-electron chi connectivity index (χ3n) is 7.14. The molecule has 0 N–H and O–H groups in total. The van der Waals surface area contributed by atoms with Crippen LogP contribution in [0.5, 0.6) is 5.75 Å². The Morgan fingerprint density at radius 1 is 0.903 bits per heavy atom. The number of hydrogen-bond acceptors (Lipinski definition) is 2. The lowest BCUT2D eigenvalue weighted by Crippen LogP contribution is -2.30. The van der Waals surface area contributed by atoms with Gasteiger partial charge in [-0.15, -0.1) is 0 Å². The highest BCUT2D eigenvalue weighted by Gasteiger charge is 2.36. The van der Waals surface area contributed by atoms with Crippen molar-refractivity contribution in [3.63, 3.8) is 0 Å². The second kappa shape index (κ2) is 9.01. The van der Waals surface area contributed by atoms with Gasteiger partial charge in [-0.3, -0.25) is 0 Å². The summed E-state index contributed by atoms with van der Waals surface area (Å²) >= 11 is 0. The van der Waals surface area contributed by atoms with E-state index >= 15 is 0 Å². The molecule has 0 saturated heterocycles. The molecule has 0 bridgehead atoms. The molecule has 2 fully saturated rings. The summed E-state index contributed by atoms with van der Waals surface area (Å²) in [5.41, 5.74) is 0.537. The molecule has 4 atom stereocenters. The summed E-state index contributed by atoms with van der Waals surface area (Å²) in [4.78, 5) is 12.3. The van der Waals surface area contributed by atoms with Crippen LogP contribution in [0, 0.1) is 41.0 Å². The lowest BCUT2D eigenvalue weighted by molar-refractivity contribution is 0.0733. The van der Waals surface area contributed by atoms with Crippen molar-refractivity contribution in [2.24, 2.45) is 17.8 Å². The van der Waals surface area contributed by atoms with E-state index in [1.807, 2.05) is 0 Å². The standard InChI is InChI=1S/C25H26F4O2/c1-2-14-3-4-16-10-17(6-5-15(16)9-14)20-8-7-18(11-21(20)26)25(30)31-19-12-22(27)24(29)23(28)13-19/h7-8,11-17H,2-6,9-10H2,1H3. The minimum atomic E-state index is -1.65. The van der Waals surface area contributed by atoms with Gasteiger partial charge < -0.3 is 4.74 Å². The van der Waals surface area contributed by atoms with E-state index in [0.717, 1.165) is 37.2 Å². The normalized spacial score (nSPS) is 25.7. The number of ether oxygens (including phenoxy) is 1. The molecule has 0 spiro atoms. The molecule has 0 amide bonds. The van der Waals surface area contributed by atoms with Crippen molar-refractivity contribution in [3.05, 3.63) is 64.7 Å². The highest BCUT2D eigenvalue weighted by atomic mass is 19.2. The van der Waals surface area contributed by atoms with Crippen LogP contribution in [0.4, 0.5) is 17.6 Å². The molecule has 0 radical (unpaired) electrons. The van der Waals surface area contributed by atoms with Crippen LogP contribution in [0.1, 0.15) is 73.7 Å². The highest BCUT2D eigenvalue weighted by Crippen LogP contribution is 2.48. The van der Waals surface area contributed by atoms with Crippen LogP contribution in [-0.2, 0) is 0 Å². The van der Waals surface area contributed by atoms with Crippen LogP contribution in [-0.4, -0.2) is 5.97 Å². The van der Waals surface area contributed by atoms with E-state index in [0.29, 0.717) is 23.6 Å². The molecule has 2 aromatic carbocycles. The van der Waals surface area contributed by atoms with Gasteiger partial charge in [0.05, 0.1) is 5.56 Å². The molecule has 0 heterocycles. The van der Waals surface area contributed by atoms with Crippen LogP contribution in [0.25, 0.3) is 0 Å². The molecular weight excluding hydrogens is 408 g/mol. The molecule has 31 heavy (non-hydrogen) atoms. The average Bonchev–Trinajstić information content (AvgIpc) is 2.76. The minimum Gasteiger partial charge on any atom is -0.423 e. The molecule has 6 heteroatoms. The van der Waals surface area contributed by atoms with E-state index in [1.165, 1.54) is 31.7 Å². The summed E-state index contributed by atoms with van der Waals surface area (Å²) in [6.45, 7) is 2.25. The number of fused-ring (bicyclic) bond motifs is 1. The summed E-state index contributed by atoms with van der Waals surface area (Å²) in [6, 6.07) is 5.34. The van der Waals surface area contributed by atoms with Crippen LogP contribution in [0.15, 0.2) is 30.3 Å². The molecule has 166 valence electrons. The van der Waals surface area contributed by atoms with Gasteiger partial charge in [0.2, 0.25) is 0 Å². The smallest absolute Gasteiger partial charge is 0.343 e. The maximum absolute atomic E-state index is 14.9. The van der Waals surface area contributed by atoms with Gasteiger partial charge in [-0.1, -0.05) is 25.8 Å². The highest BCUT2D eigenvalue weighted by molar-refractivity contribution is 5.91. The lowest BCUT2D eigenvalue weighted by Gasteiger charge is -2.42. The molecule has 2 aromatic rings. The fourth-order valence-electron chi connectivity index (χ4n) is 5.38. The Kier molecular flexibility index (Phi) is 6.35. The first kappa shape index (κ1) is 21.8. The second-order valence-electron chi connectivity index (χ2n) is 8.94. The summed E-state index contributed by atoms with van der Waals surface area (Å²) < 4.78 is 59.4. The number of benzene rings is 2. The second-order valence-corrected chi connectivity index (χ2v) is 8.94. The van der Waals surface area contributed by atoms with E-state index in [9.17, 15) is 22.4 Å². The third kappa shape index (κ3) is 4.63. The zero-order chi connectivity index (χ0) is 22.1. The molecule has 4 unspecified atom stereocenters. The molecule has 0 aromatic heterocycles. The van der Waals surface area contributed by atoms with E-state index in [2.05, 4.69) is 6.92 Å². The maximum atomic E-state index is 14.9. The maximum Gasteiger partial charge on any atom is 0.343 e. The zero-order valence-electron chi connectivity index (χ0n) is 17.5. The van der Waals surface area contributed by atoms with E-state index < -0.39 is 35.0 Å².